The van der Waals surface area contributed by atoms with Gasteiger partial charge in [-0.3, -0.25) is 4.68 Å². The summed E-state index contributed by atoms with van der Waals surface area (Å²) < 4.78 is 1.78. The van der Waals surface area contributed by atoms with Crippen LogP contribution in [-0.4, -0.2) is 14.8 Å². The molecule has 0 saturated carbocycles. The van der Waals surface area contributed by atoms with Crippen LogP contribution in [-0.2, 0) is 18.9 Å². The highest BCUT2D eigenvalue weighted by molar-refractivity contribution is 7.09. The standard InChI is InChI=1S/C13H20N4S/c1-13(2,3)11-8-18-12(15-11)7-9(14)10-5-6-17(4)16-10/h5-6,8-9H,7,14H2,1-4H3. The van der Waals surface area contributed by atoms with Gasteiger partial charge in [-0.05, 0) is 6.07 Å². The van der Waals surface area contributed by atoms with Gasteiger partial charge in [-0.2, -0.15) is 5.10 Å². The minimum atomic E-state index is -0.0785. The fourth-order valence-electron chi connectivity index (χ4n) is 1.67. The van der Waals surface area contributed by atoms with Crippen molar-refractivity contribution in [3.63, 3.8) is 0 Å². The maximum absolute atomic E-state index is 6.15. The van der Waals surface area contributed by atoms with Gasteiger partial charge in [-0.25, -0.2) is 4.98 Å². The molecule has 5 heteroatoms. The highest BCUT2D eigenvalue weighted by Gasteiger charge is 2.19. The third-order valence-electron chi connectivity index (χ3n) is 2.83. The van der Waals surface area contributed by atoms with E-state index in [-0.39, 0.29) is 11.5 Å². The molecule has 0 amide bonds. The second kappa shape index (κ2) is 4.82. The van der Waals surface area contributed by atoms with E-state index >= 15 is 0 Å². The Morgan fingerprint density at radius 2 is 2.17 bits per heavy atom. The zero-order valence-corrected chi connectivity index (χ0v) is 12.2. The number of nitrogens with two attached hydrogens (primary N) is 1. The van der Waals surface area contributed by atoms with Crippen LogP contribution in [0.25, 0.3) is 0 Å². The third kappa shape index (κ3) is 2.97. The first-order chi connectivity index (χ1) is 8.36. The number of hydrogen-bond acceptors (Lipinski definition) is 4. The summed E-state index contributed by atoms with van der Waals surface area (Å²) in [4.78, 5) is 4.66. The molecule has 2 heterocycles. The van der Waals surface area contributed by atoms with Gasteiger partial charge in [-0.1, -0.05) is 20.8 Å². The van der Waals surface area contributed by atoms with Crippen molar-refractivity contribution >= 4 is 11.3 Å². The molecule has 1 unspecified atom stereocenters. The van der Waals surface area contributed by atoms with Crippen molar-refractivity contribution in [3.05, 3.63) is 34.0 Å². The van der Waals surface area contributed by atoms with Crippen molar-refractivity contribution < 1.29 is 0 Å². The molecule has 98 valence electrons. The van der Waals surface area contributed by atoms with E-state index in [1.54, 1.807) is 16.0 Å². The molecule has 0 aromatic carbocycles. The number of nitrogens with zero attached hydrogens (tertiary/aromatic N) is 3. The second-order valence-electron chi connectivity index (χ2n) is 5.60. The number of thiazole rings is 1. The van der Waals surface area contributed by atoms with Crippen molar-refractivity contribution in [2.45, 2.75) is 38.6 Å². The van der Waals surface area contributed by atoms with Gasteiger partial charge in [0.1, 0.15) is 0 Å². The molecule has 0 aliphatic heterocycles. The lowest BCUT2D eigenvalue weighted by Crippen LogP contribution is -2.15. The molecule has 2 aromatic rings. The lowest BCUT2D eigenvalue weighted by molar-refractivity contribution is 0.568. The quantitative estimate of drug-likeness (QED) is 0.926. The fourth-order valence-corrected chi connectivity index (χ4v) is 2.75. The Labute approximate surface area is 112 Å². The van der Waals surface area contributed by atoms with Crippen LogP contribution in [0.15, 0.2) is 17.6 Å². The number of aromatic nitrogens is 3. The average Bonchev–Trinajstić information content (AvgIpc) is 2.85. The summed E-state index contributed by atoms with van der Waals surface area (Å²) in [5.41, 5.74) is 8.31. The minimum absolute atomic E-state index is 0.0785. The summed E-state index contributed by atoms with van der Waals surface area (Å²) in [5, 5.41) is 7.54. The van der Waals surface area contributed by atoms with E-state index in [0.717, 1.165) is 22.8 Å². The number of hydrogen-bond donors (Lipinski definition) is 1. The first-order valence-electron chi connectivity index (χ1n) is 6.06. The lowest BCUT2D eigenvalue weighted by Gasteiger charge is -2.14. The van der Waals surface area contributed by atoms with E-state index in [2.05, 4.69) is 36.2 Å². The second-order valence-corrected chi connectivity index (χ2v) is 6.54. The Bertz CT molecular complexity index is 521. The van der Waals surface area contributed by atoms with E-state index in [1.165, 1.54) is 0 Å². The molecule has 0 spiro atoms. The predicted molar refractivity (Wildman–Crippen MR) is 74.7 cm³/mol. The molecule has 0 aliphatic carbocycles. The van der Waals surface area contributed by atoms with Crippen LogP contribution in [0.4, 0.5) is 0 Å². The van der Waals surface area contributed by atoms with E-state index < -0.39 is 0 Å². The van der Waals surface area contributed by atoms with E-state index in [4.69, 9.17) is 5.73 Å². The molecule has 2 aromatic heterocycles. The molecule has 2 N–H and O–H groups in total. The van der Waals surface area contributed by atoms with Gasteiger partial charge >= 0.3 is 0 Å². The van der Waals surface area contributed by atoms with Crippen LogP contribution in [0.2, 0.25) is 0 Å². The Balaban J connectivity index is 2.08. The summed E-state index contributed by atoms with van der Waals surface area (Å²) in [6.07, 6.45) is 2.66. The van der Waals surface area contributed by atoms with E-state index in [0.29, 0.717) is 0 Å². The van der Waals surface area contributed by atoms with E-state index in [9.17, 15) is 0 Å². The smallest absolute Gasteiger partial charge is 0.0948 e. The maximum atomic E-state index is 6.15. The molecule has 18 heavy (non-hydrogen) atoms. The predicted octanol–water partition coefficient (Wildman–Crippen LogP) is 2.42. The molecular formula is C13H20N4S. The maximum Gasteiger partial charge on any atom is 0.0948 e. The monoisotopic (exact) mass is 264 g/mol. The molecule has 2 rings (SSSR count). The van der Waals surface area contributed by atoms with Crippen molar-refractivity contribution in [1.82, 2.24) is 14.8 Å². The largest absolute Gasteiger partial charge is 0.322 e. The average molecular weight is 264 g/mol. The van der Waals surface area contributed by atoms with Crippen LogP contribution < -0.4 is 5.73 Å². The van der Waals surface area contributed by atoms with Gasteiger partial charge < -0.3 is 5.73 Å². The number of rotatable bonds is 3. The third-order valence-corrected chi connectivity index (χ3v) is 3.70. The molecule has 4 nitrogen and oxygen atoms in total. The normalized spacial score (nSPS) is 13.8. The van der Waals surface area contributed by atoms with Crippen LogP contribution >= 0.6 is 11.3 Å². The van der Waals surface area contributed by atoms with E-state index in [1.807, 2.05) is 19.3 Å². The van der Waals surface area contributed by atoms with Crippen LogP contribution in [0.3, 0.4) is 0 Å². The van der Waals surface area contributed by atoms with Gasteiger partial charge in [-0.15, -0.1) is 11.3 Å². The molecule has 0 radical (unpaired) electrons. The number of aryl methyl sites for hydroxylation is 1. The van der Waals surface area contributed by atoms with Crippen molar-refractivity contribution in [2.24, 2.45) is 12.8 Å². The van der Waals surface area contributed by atoms with Crippen LogP contribution in [0, 0.1) is 0 Å². The summed E-state index contributed by atoms with van der Waals surface area (Å²) in [5.74, 6) is 0. The summed E-state index contributed by atoms with van der Waals surface area (Å²) in [6.45, 7) is 6.51. The Morgan fingerprint density at radius 1 is 1.44 bits per heavy atom. The summed E-state index contributed by atoms with van der Waals surface area (Å²) in [7, 11) is 1.90. The summed E-state index contributed by atoms with van der Waals surface area (Å²) in [6, 6.07) is 1.88. The SMILES string of the molecule is Cn1ccc(C(N)Cc2nc(C(C)(C)C)cs2)n1. The Kier molecular flexibility index (Phi) is 3.54. The van der Waals surface area contributed by atoms with Crippen molar-refractivity contribution in [1.29, 1.82) is 0 Å². The minimum Gasteiger partial charge on any atom is -0.322 e. The first kappa shape index (κ1) is 13.2. The van der Waals surface area contributed by atoms with Gasteiger partial charge in [0.2, 0.25) is 0 Å². The lowest BCUT2D eigenvalue weighted by atomic mass is 9.93. The molecule has 1 atom stereocenters. The van der Waals surface area contributed by atoms with Gasteiger partial charge in [0.15, 0.2) is 0 Å². The zero-order valence-electron chi connectivity index (χ0n) is 11.3. The summed E-state index contributed by atoms with van der Waals surface area (Å²) >= 11 is 1.68. The molecular weight excluding hydrogens is 244 g/mol. The fraction of sp³-hybridized carbons (Fsp3) is 0.538. The zero-order chi connectivity index (χ0) is 13.3. The Hall–Kier alpha value is -1.20. The Morgan fingerprint density at radius 3 is 2.67 bits per heavy atom. The highest BCUT2D eigenvalue weighted by Crippen LogP contribution is 2.25. The van der Waals surface area contributed by atoms with Crippen LogP contribution in [0.5, 0.6) is 0 Å². The van der Waals surface area contributed by atoms with Gasteiger partial charge in [0.25, 0.3) is 0 Å². The van der Waals surface area contributed by atoms with Crippen molar-refractivity contribution in [3.8, 4) is 0 Å². The molecule has 0 saturated heterocycles. The highest BCUT2D eigenvalue weighted by atomic mass is 32.1. The van der Waals surface area contributed by atoms with Gasteiger partial charge in [0.05, 0.1) is 22.4 Å². The van der Waals surface area contributed by atoms with Crippen molar-refractivity contribution in [2.75, 3.05) is 0 Å². The first-order valence-corrected chi connectivity index (χ1v) is 6.94. The van der Waals surface area contributed by atoms with Gasteiger partial charge in [0, 0.05) is 30.5 Å². The topological polar surface area (TPSA) is 56.7 Å². The molecule has 0 fully saturated rings. The van der Waals surface area contributed by atoms with Crippen LogP contribution in [0.1, 0.15) is 43.2 Å². The molecule has 0 bridgehead atoms. The molecule has 0 aliphatic rings.